The van der Waals surface area contributed by atoms with Crippen LogP contribution in [-0.2, 0) is 0 Å². The molecule has 7 heteroatoms. The Hall–Kier alpha value is -2.77. The summed E-state index contributed by atoms with van der Waals surface area (Å²) >= 11 is 0. The van der Waals surface area contributed by atoms with Crippen molar-refractivity contribution >= 4 is 33.4 Å². The lowest BCUT2D eigenvalue weighted by Gasteiger charge is -2.11. The molecule has 25 heavy (non-hydrogen) atoms. The predicted molar refractivity (Wildman–Crippen MR) is 97.9 cm³/mol. The second kappa shape index (κ2) is 7.42. The van der Waals surface area contributed by atoms with Crippen LogP contribution in [0, 0.1) is 5.82 Å². The zero-order valence-electron chi connectivity index (χ0n) is 13.7. The molecule has 0 bridgehead atoms. The number of amides is 1. The van der Waals surface area contributed by atoms with Gasteiger partial charge >= 0.3 is 0 Å². The summed E-state index contributed by atoms with van der Waals surface area (Å²) in [5.74, 6) is -0.604. The number of carbonyl (C=O) groups excluding carboxylic acids is 1. The van der Waals surface area contributed by atoms with E-state index in [1.165, 1.54) is 12.1 Å². The van der Waals surface area contributed by atoms with Crippen LogP contribution in [0.15, 0.2) is 36.4 Å². The summed E-state index contributed by atoms with van der Waals surface area (Å²) in [6.07, 6.45) is 0. The molecular weight excluding hydrogens is 321 g/mol. The normalized spacial score (nSPS) is 11.1. The van der Waals surface area contributed by atoms with Gasteiger partial charge < -0.3 is 22.1 Å². The molecule has 6 N–H and O–H groups in total. The van der Waals surface area contributed by atoms with E-state index in [1.54, 1.807) is 24.3 Å². The first kappa shape index (κ1) is 17.1. The van der Waals surface area contributed by atoms with Crippen LogP contribution in [0.3, 0.4) is 0 Å². The minimum atomic E-state index is -0.376. The molecule has 0 unspecified atom stereocenters. The number of benzene rings is 2. The maximum absolute atomic E-state index is 13.5. The number of nitrogens with two attached hydrogens (primary N) is 2. The van der Waals surface area contributed by atoms with Gasteiger partial charge in [0.15, 0.2) is 0 Å². The molecule has 0 atom stereocenters. The van der Waals surface area contributed by atoms with Crippen LogP contribution in [0.4, 0.5) is 10.1 Å². The maximum atomic E-state index is 13.5. The molecule has 0 fully saturated rings. The fourth-order valence-electron chi connectivity index (χ4n) is 2.74. The number of fused-ring (bicyclic) bond motifs is 2. The number of aromatic nitrogens is 1. The Morgan fingerprint density at radius 1 is 1.12 bits per heavy atom. The second-order valence-electron chi connectivity index (χ2n) is 5.68. The van der Waals surface area contributed by atoms with E-state index in [1.807, 2.05) is 0 Å². The largest absolute Gasteiger partial charge is 0.398 e. The third kappa shape index (κ3) is 3.52. The molecule has 3 aromatic rings. The number of nitrogen functional groups attached to an aromatic ring is 1. The van der Waals surface area contributed by atoms with Crippen LogP contribution in [0.5, 0.6) is 0 Å². The lowest BCUT2D eigenvalue weighted by atomic mass is 10.0. The highest BCUT2D eigenvalue weighted by atomic mass is 19.1. The van der Waals surface area contributed by atoms with E-state index in [0.717, 1.165) is 0 Å². The quantitative estimate of drug-likeness (QED) is 0.400. The van der Waals surface area contributed by atoms with Crippen LogP contribution < -0.4 is 22.1 Å². The molecule has 1 heterocycles. The summed E-state index contributed by atoms with van der Waals surface area (Å²) < 4.78 is 13.5. The van der Waals surface area contributed by atoms with Crippen LogP contribution in [-0.4, -0.2) is 37.1 Å². The Kier molecular flexibility index (Phi) is 5.06. The number of rotatable bonds is 6. The Balaban J connectivity index is 1.95. The van der Waals surface area contributed by atoms with Crippen molar-refractivity contribution in [1.82, 2.24) is 15.6 Å². The summed E-state index contributed by atoms with van der Waals surface area (Å²) in [6, 6.07) is 9.47. The van der Waals surface area contributed by atoms with Gasteiger partial charge in [-0.15, -0.1) is 0 Å². The van der Waals surface area contributed by atoms with Gasteiger partial charge in [-0.1, -0.05) is 12.1 Å². The van der Waals surface area contributed by atoms with Gasteiger partial charge in [-0.25, -0.2) is 9.37 Å². The first-order valence-electron chi connectivity index (χ1n) is 8.08. The first-order valence-corrected chi connectivity index (χ1v) is 8.08. The first-order chi connectivity index (χ1) is 12.1. The topological polar surface area (TPSA) is 106 Å². The highest BCUT2D eigenvalue weighted by Gasteiger charge is 2.14. The maximum Gasteiger partial charge on any atom is 0.253 e. The molecule has 0 spiro atoms. The number of nitrogens with zero attached hydrogens (tertiary/aromatic N) is 1. The molecule has 0 aliphatic carbocycles. The van der Waals surface area contributed by atoms with E-state index < -0.39 is 0 Å². The van der Waals surface area contributed by atoms with Crippen molar-refractivity contribution in [3.05, 3.63) is 47.8 Å². The minimum absolute atomic E-state index is 0.228. The smallest absolute Gasteiger partial charge is 0.253 e. The lowest BCUT2D eigenvalue weighted by Crippen LogP contribution is -2.33. The summed E-state index contributed by atoms with van der Waals surface area (Å²) in [5, 5.41) is 7.12. The molecule has 6 nitrogen and oxygen atoms in total. The number of carbonyl (C=O) groups is 1. The second-order valence-corrected chi connectivity index (χ2v) is 5.68. The van der Waals surface area contributed by atoms with Gasteiger partial charge in [0.05, 0.1) is 22.3 Å². The fraction of sp³-hybridized carbons (Fsp3) is 0.222. The number of para-hydroxylation sites is 1. The molecule has 0 saturated carbocycles. The molecular formula is C18H20FN5O. The zero-order valence-corrected chi connectivity index (χ0v) is 13.7. The van der Waals surface area contributed by atoms with Gasteiger partial charge in [0, 0.05) is 37.0 Å². The molecule has 2 aromatic carbocycles. The van der Waals surface area contributed by atoms with Crippen molar-refractivity contribution in [1.29, 1.82) is 0 Å². The molecule has 130 valence electrons. The minimum Gasteiger partial charge on any atom is -0.398 e. The molecule has 0 saturated heterocycles. The van der Waals surface area contributed by atoms with Gasteiger partial charge in [0.1, 0.15) is 5.82 Å². The van der Waals surface area contributed by atoms with Crippen molar-refractivity contribution in [2.24, 2.45) is 5.73 Å². The van der Waals surface area contributed by atoms with Crippen LogP contribution in [0.1, 0.15) is 10.4 Å². The highest BCUT2D eigenvalue weighted by Crippen LogP contribution is 2.30. The van der Waals surface area contributed by atoms with Gasteiger partial charge in [-0.2, -0.15) is 0 Å². The summed E-state index contributed by atoms with van der Waals surface area (Å²) in [4.78, 5) is 17.0. The van der Waals surface area contributed by atoms with E-state index >= 15 is 0 Å². The predicted octanol–water partition coefficient (Wildman–Crippen LogP) is 1.39. The van der Waals surface area contributed by atoms with E-state index in [0.29, 0.717) is 59.2 Å². The number of nitrogens with one attached hydrogen (secondary N) is 2. The molecule has 0 aliphatic rings. The SMILES string of the molecule is NCCNCCNC(=O)c1cccc2c(N)c3cc(F)ccc3nc12. The van der Waals surface area contributed by atoms with Gasteiger partial charge in [0.2, 0.25) is 0 Å². The average molecular weight is 341 g/mol. The average Bonchev–Trinajstić information content (AvgIpc) is 2.62. The fourth-order valence-corrected chi connectivity index (χ4v) is 2.74. The highest BCUT2D eigenvalue weighted by molar-refractivity contribution is 6.13. The van der Waals surface area contributed by atoms with Crippen molar-refractivity contribution in [3.63, 3.8) is 0 Å². The van der Waals surface area contributed by atoms with E-state index in [9.17, 15) is 9.18 Å². The summed E-state index contributed by atoms with van der Waals surface area (Å²) in [6.45, 7) is 2.36. The van der Waals surface area contributed by atoms with Gasteiger partial charge in [-0.05, 0) is 24.3 Å². The Bertz CT molecular complexity index is 928. The van der Waals surface area contributed by atoms with E-state index in [-0.39, 0.29) is 11.7 Å². The van der Waals surface area contributed by atoms with Crippen molar-refractivity contribution < 1.29 is 9.18 Å². The third-order valence-corrected chi connectivity index (χ3v) is 3.96. The monoisotopic (exact) mass is 341 g/mol. The number of anilines is 1. The lowest BCUT2D eigenvalue weighted by molar-refractivity contribution is 0.0955. The van der Waals surface area contributed by atoms with E-state index in [2.05, 4.69) is 15.6 Å². The number of halogens is 1. The number of hydrogen-bond acceptors (Lipinski definition) is 5. The molecule has 3 rings (SSSR count). The van der Waals surface area contributed by atoms with Crippen LogP contribution >= 0.6 is 0 Å². The summed E-state index contributed by atoms with van der Waals surface area (Å²) in [5.41, 5.74) is 13.5. The Morgan fingerprint density at radius 2 is 1.96 bits per heavy atom. The van der Waals surface area contributed by atoms with Crippen molar-refractivity contribution in [3.8, 4) is 0 Å². The van der Waals surface area contributed by atoms with E-state index in [4.69, 9.17) is 11.5 Å². The van der Waals surface area contributed by atoms with Crippen molar-refractivity contribution in [2.75, 3.05) is 31.9 Å². The molecule has 0 aliphatic heterocycles. The standard InChI is InChI=1S/C18H20FN5O/c19-11-4-5-15-14(10-11)16(21)12-2-1-3-13(17(12)24-15)18(25)23-9-8-22-7-6-20/h1-5,10,22H,6-9,20H2,(H2,21,24)(H,23,25). The van der Waals surface area contributed by atoms with Gasteiger partial charge in [0.25, 0.3) is 5.91 Å². The Labute approximate surface area is 144 Å². The third-order valence-electron chi connectivity index (χ3n) is 3.96. The number of hydrogen-bond donors (Lipinski definition) is 4. The molecule has 1 aromatic heterocycles. The van der Waals surface area contributed by atoms with Crippen LogP contribution in [0.2, 0.25) is 0 Å². The molecule has 0 radical (unpaired) electrons. The van der Waals surface area contributed by atoms with Gasteiger partial charge in [-0.3, -0.25) is 4.79 Å². The van der Waals surface area contributed by atoms with Crippen molar-refractivity contribution in [2.45, 2.75) is 0 Å². The van der Waals surface area contributed by atoms with Crippen LogP contribution in [0.25, 0.3) is 21.8 Å². The molecule has 1 amide bonds. The Morgan fingerprint density at radius 3 is 2.76 bits per heavy atom. The number of pyridine rings is 1. The zero-order chi connectivity index (χ0) is 17.8. The summed E-state index contributed by atoms with van der Waals surface area (Å²) in [7, 11) is 0.